The molecule has 1 N–H and O–H groups in total. The summed E-state index contributed by atoms with van der Waals surface area (Å²) in [6.07, 6.45) is 3.26. The Bertz CT molecular complexity index is 1190. The van der Waals surface area contributed by atoms with Crippen molar-refractivity contribution in [1.29, 1.82) is 0 Å². The molecule has 1 atom stereocenters. The lowest BCUT2D eigenvalue weighted by atomic mass is 10.2. The molecule has 1 amide bonds. The minimum Gasteiger partial charge on any atom is -0.376 e. The summed E-state index contributed by atoms with van der Waals surface area (Å²) in [7, 11) is -3.51. The number of ether oxygens (including phenoxy) is 1. The summed E-state index contributed by atoms with van der Waals surface area (Å²) >= 11 is 7.32. The lowest BCUT2D eigenvalue weighted by Crippen LogP contribution is -2.31. The first kappa shape index (κ1) is 22.1. The van der Waals surface area contributed by atoms with Crippen LogP contribution in [0.1, 0.15) is 28.1 Å². The topological polar surface area (TPSA) is 75.7 Å². The Balaban J connectivity index is 1.56. The zero-order valence-electron chi connectivity index (χ0n) is 17.0. The maximum Gasteiger partial charge on any atom is 0.261 e. The SMILES string of the molecule is CS(=O)(=O)N(Cc1ccc(Cl)cc1)c1ccc2sc(C(=O)NC[C@@H]3CCCO3)cc2c1. The Labute approximate surface area is 190 Å². The second kappa shape index (κ2) is 9.16. The van der Waals surface area contributed by atoms with Crippen molar-refractivity contribution in [2.24, 2.45) is 0 Å². The summed E-state index contributed by atoms with van der Waals surface area (Å²) in [6, 6.07) is 14.3. The number of nitrogens with zero attached hydrogens (tertiary/aromatic N) is 1. The number of carbonyl (C=O) groups is 1. The van der Waals surface area contributed by atoms with Crippen molar-refractivity contribution in [3.63, 3.8) is 0 Å². The van der Waals surface area contributed by atoms with Crippen molar-refractivity contribution in [3.8, 4) is 0 Å². The molecule has 164 valence electrons. The number of hydrogen-bond acceptors (Lipinski definition) is 5. The number of hydrogen-bond donors (Lipinski definition) is 1. The zero-order valence-corrected chi connectivity index (χ0v) is 19.4. The van der Waals surface area contributed by atoms with Gasteiger partial charge in [-0.25, -0.2) is 8.42 Å². The minimum atomic E-state index is -3.51. The highest BCUT2D eigenvalue weighted by Gasteiger charge is 2.20. The van der Waals surface area contributed by atoms with E-state index < -0.39 is 10.0 Å². The number of benzene rings is 2. The second-order valence-corrected chi connectivity index (χ2v) is 11.0. The number of thiophene rings is 1. The maximum absolute atomic E-state index is 12.5. The Morgan fingerprint density at radius 2 is 2.00 bits per heavy atom. The molecule has 1 aliphatic heterocycles. The largest absolute Gasteiger partial charge is 0.376 e. The van der Waals surface area contributed by atoms with Gasteiger partial charge in [-0.2, -0.15) is 0 Å². The molecule has 2 heterocycles. The summed E-state index contributed by atoms with van der Waals surface area (Å²) in [6.45, 7) is 1.45. The smallest absolute Gasteiger partial charge is 0.261 e. The third-order valence-electron chi connectivity index (χ3n) is 5.17. The third kappa shape index (κ3) is 5.38. The van der Waals surface area contributed by atoms with E-state index in [1.54, 1.807) is 42.5 Å². The molecule has 9 heteroatoms. The number of fused-ring (bicyclic) bond motifs is 1. The first-order valence-corrected chi connectivity index (χ1v) is 13.0. The average Bonchev–Trinajstić information content (AvgIpc) is 3.39. The molecular formula is C22H23ClN2O4S2. The molecule has 4 rings (SSSR count). The van der Waals surface area contributed by atoms with E-state index in [4.69, 9.17) is 16.3 Å². The molecule has 6 nitrogen and oxygen atoms in total. The molecule has 31 heavy (non-hydrogen) atoms. The molecule has 0 spiro atoms. The van der Waals surface area contributed by atoms with Gasteiger partial charge in [0.05, 0.1) is 29.5 Å². The summed E-state index contributed by atoms with van der Waals surface area (Å²) < 4.78 is 32.8. The van der Waals surface area contributed by atoms with E-state index in [2.05, 4.69) is 5.32 Å². The third-order valence-corrected chi connectivity index (χ3v) is 7.67. The fourth-order valence-electron chi connectivity index (χ4n) is 3.55. The van der Waals surface area contributed by atoms with Crippen molar-refractivity contribution >= 4 is 54.6 Å². The van der Waals surface area contributed by atoms with Crippen LogP contribution >= 0.6 is 22.9 Å². The molecule has 2 aromatic carbocycles. The molecule has 3 aromatic rings. The molecular weight excluding hydrogens is 456 g/mol. The summed E-state index contributed by atoms with van der Waals surface area (Å²) in [5.74, 6) is -0.139. The number of amides is 1. The van der Waals surface area contributed by atoms with Gasteiger partial charge in [-0.1, -0.05) is 23.7 Å². The first-order chi connectivity index (χ1) is 14.8. The van der Waals surface area contributed by atoms with E-state index in [0.29, 0.717) is 22.1 Å². The summed E-state index contributed by atoms with van der Waals surface area (Å²) in [4.78, 5) is 13.1. The van der Waals surface area contributed by atoms with Gasteiger partial charge in [-0.15, -0.1) is 11.3 Å². The van der Waals surface area contributed by atoms with Crippen LogP contribution in [0.25, 0.3) is 10.1 Å². The van der Waals surface area contributed by atoms with Gasteiger partial charge in [0.15, 0.2) is 0 Å². The lowest BCUT2D eigenvalue weighted by molar-refractivity contribution is 0.0861. The number of nitrogens with one attached hydrogen (secondary N) is 1. The monoisotopic (exact) mass is 478 g/mol. The van der Waals surface area contributed by atoms with Crippen molar-refractivity contribution in [3.05, 3.63) is 64.0 Å². The van der Waals surface area contributed by atoms with E-state index >= 15 is 0 Å². The van der Waals surface area contributed by atoms with Gasteiger partial charge < -0.3 is 10.1 Å². The van der Waals surface area contributed by atoms with Crippen LogP contribution in [-0.4, -0.2) is 39.8 Å². The minimum absolute atomic E-state index is 0.0844. The summed E-state index contributed by atoms with van der Waals surface area (Å²) in [5, 5.41) is 4.36. The maximum atomic E-state index is 12.5. The number of carbonyl (C=O) groups excluding carboxylic acids is 1. The molecule has 0 bridgehead atoms. The predicted molar refractivity (Wildman–Crippen MR) is 126 cm³/mol. The quantitative estimate of drug-likeness (QED) is 0.545. The summed E-state index contributed by atoms with van der Waals surface area (Å²) in [5.41, 5.74) is 1.38. The molecule has 1 aliphatic rings. The predicted octanol–water partition coefficient (Wildman–Crippen LogP) is 4.43. The Morgan fingerprint density at radius 3 is 2.68 bits per heavy atom. The van der Waals surface area contributed by atoms with E-state index in [9.17, 15) is 13.2 Å². The highest BCUT2D eigenvalue weighted by molar-refractivity contribution is 7.92. The van der Waals surface area contributed by atoms with Gasteiger partial charge >= 0.3 is 0 Å². The fourth-order valence-corrected chi connectivity index (χ4v) is 5.52. The molecule has 1 fully saturated rings. The number of halogens is 1. The van der Waals surface area contributed by atoms with E-state index in [0.717, 1.165) is 35.1 Å². The normalized spacial score (nSPS) is 16.5. The van der Waals surface area contributed by atoms with Crippen LogP contribution in [-0.2, 0) is 21.3 Å². The van der Waals surface area contributed by atoms with Gasteiger partial charge in [-0.05, 0) is 60.2 Å². The van der Waals surface area contributed by atoms with Crippen molar-refractivity contribution in [2.75, 3.05) is 23.7 Å². The van der Waals surface area contributed by atoms with Crippen LogP contribution in [0.2, 0.25) is 5.02 Å². The number of anilines is 1. The van der Waals surface area contributed by atoms with Crippen LogP contribution in [0.5, 0.6) is 0 Å². The average molecular weight is 479 g/mol. The van der Waals surface area contributed by atoms with Crippen LogP contribution in [0.15, 0.2) is 48.5 Å². The molecule has 0 unspecified atom stereocenters. The van der Waals surface area contributed by atoms with E-state index in [1.807, 2.05) is 6.07 Å². The molecule has 0 radical (unpaired) electrons. The first-order valence-electron chi connectivity index (χ1n) is 9.95. The van der Waals surface area contributed by atoms with E-state index in [-0.39, 0.29) is 18.6 Å². The van der Waals surface area contributed by atoms with Crippen molar-refractivity contribution in [1.82, 2.24) is 5.32 Å². The van der Waals surface area contributed by atoms with E-state index in [1.165, 1.54) is 21.9 Å². The number of rotatable bonds is 7. The Morgan fingerprint density at radius 1 is 1.23 bits per heavy atom. The van der Waals surface area contributed by atoms with Gasteiger partial charge in [0.25, 0.3) is 5.91 Å². The molecule has 0 aliphatic carbocycles. The standard InChI is InChI=1S/C22H23ClN2O4S2/c1-31(27,28)25(14-15-4-6-17(23)7-5-15)18-8-9-20-16(11-18)12-21(30-20)22(26)24-13-19-3-2-10-29-19/h4-9,11-12,19H,2-3,10,13-14H2,1H3,(H,24,26)/t19-/m0/s1. The van der Waals surface area contributed by atoms with Gasteiger partial charge in [-0.3, -0.25) is 9.10 Å². The van der Waals surface area contributed by atoms with Gasteiger partial charge in [0, 0.05) is 22.9 Å². The fraction of sp³-hybridized carbons (Fsp3) is 0.318. The van der Waals surface area contributed by atoms with Crippen LogP contribution < -0.4 is 9.62 Å². The molecule has 1 aromatic heterocycles. The zero-order chi connectivity index (χ0) is 22.0. The Kier molecular flexibility index (Phi) is 6.52. The van der Waals surface area contributed by atoms with Gasteiger partial charge in [0.1, 0.15) is 0 Å². The molecule has 0 saturated carbocycles. The van der Waals surface area contributed by atoms with Gasteiger partial charge in [0.2, 0.25) is 10.0 Å². The van der Waals surface area contributed by atoms with Crippen LogP contribution in [0, 0.1) is 0 Å². The Hall–Kier alpha value is -2.13. The highest BCUT2D eigenvalue weighted by Crippen LogP contribution is 2.31. The van der Waals surface area contributed by atoms with Crippen molar-refractivity contribution < 1.29 is 17.9 Å². The second-order valence-electron chi connectivity index (χ2n) is 7.57. The highest BCUT2D eigenvalue weighted by atomic mass is 35.5. The molecule has 1 saturated heterocycles. The van der Waals surface area contributed by atoms with Crippen LogP contribution in [0.3, 0.4) is 0 Å². The van der Waals surface area contributed by atoms with Crippen molar-refractivity contribution in [2.45, 2.75) is 25.5 Å². The number of sulfonamides is 1. The lowest BCUT2D eigenvalue weighted by Gasteiger charge is -2.22. The van der Waals surface area contributed by atoms with Crippen LogP contribution in [0.4, 0.5) is 5.69 Å².